The van der Waals surface area contributed by atoms with E-state index in [1.54, 1.807) is 7.11 Å². The Labute approximate surface area is 111 Å². The fourth-order valence-corrected chi connectivity index (χ4v) is 2.03. The van der Waals surface area contributed by atoms with E-state index >= 15 is 0 Å². The highest BCUT2D eigenvalue weighted by Gasteiger charge is 2.21. The molecule has 0 bridgehead atoms. The lowest BCUT2D eigenvalue weighted by molar-refractivity contribution is -0.00740. The highest BCUT2D eigenvalue weighted by atomic mass is 79.9. The first-order chi connectivity index (χ1) is 7.95. The lowest BCUT2D eigenvalue weighted by Gasteiger charge is -2.21. The standard InChI is InChI=1S/C13H19BrO3/c1-8(2)13(16)12(15)7-9-6-10(17-3)4-5-11(9)14/h4-6,8,12-13,15-16H,7H2,1-3H3. The van der Waals surface area contributed by atoms with Crippen LogP contribution in [0.15, 0.2) is 22.7 Å². The van der Waals surface area contributed by atoms with Crippen molar-refractivity contribution in [2.75, 3.05) is 7.11 Å². The predicted octanol–water partition coefficient (Wildman–Crippen LogP) is 2.38. The van der Waals surface area contributed by atoms with Crippen LogP contribution >= 0.6 is 15.9 Å². The molecule has 0 aliphatic heterocycles. The summed E-state index contributed by atoms with van der Waals surface area (Å²) in [6, 6.07) is 5.59. The fourth-order valence-electron chi connectivity index (χ4n) is 1.62. The summed E-state index contributed by atoms with van der Waals surface area (Å²) < 4.78 is 6.04. The van der Waals surface area contributed by atoms with Gasteiger partial charge in [0.2, 0.25) is 0 Å². The topological polar surface area (TPSA) is 49.7 Å². The van der Waals surface area contributed by atoms with Crippen molar-refractivity contribution in [3.05, 3.63) is 28.2 Å². The van der Waals surface area contributed by atoms with Crippen molar-refractivity contribution in [1.82, 2.24) is 0 Å². The molecule has 1 aromatic carbocycles. The number of aliphatic hydroxyl groups excluding tert-OH is 2. The highest BCUT2D eigenvalue weighted by molar-refractivity contribution is 9.10. The number of hydrogen-bond donors (Lipinski definition) is 2. The molecule has 2 atom stereocenters. The Hall–Kier alpha value is -0.580. The van der Waals surface area contributed by atoms with Gasteiger partial charge in [-0.05, 0) is 29.7 Å². The Kier molecular flexibility index (Phi) is 5.43. The van der Waals surface area contributed by atoms with E-state index in [2.05, 4.69) is 15.9 Å². The normalized spacial score (nSPS) is 14.8. The predicted molar refractivity (Wildman–Crippen MR) is 71.2 cm³/mol. The summed E-state index contributed by atoms with van der Waals surface area (Å²) in [5.74, 6) is 0.781. The molecule has 0 saturated heterocycles. The van der Waals surface area contributed by atoms with Gasteiger partial charge in [-0.2, -0.15) is 0 Å². The maximum absolute atomic E-state index is 9.92. The van der Waals surface area contributed by atoms with Crippen LogP contribution in [-0.4, -0.2) is 29.5 Å². The first-order valence-electron chi connectivity index (χ1n) is 5.64. The first kappa shape index (κ1) is 14.5. The smallest absolute Gasteiger partial charge is 0.119 e. The van der Waals surface area contributed by atoms with Crippen LogP contribution in [0.4, 0.5) is 0 Å². The third-order valence-electron chi connectivity index (χ3n) is 2.76. The van der Waals surface area contributed by atoms with Crippen LogP contribution in [0.5, 0.6) is 5.75 Å². The van der Waals surface area contributed by atoms with Crippen LogP contribution in [0.2, 0.25) is 0 Å². The number of rotatable bonds is 5. The van der Waals surface area contributed by atoms with Gasteiger partial charge in [0.25, 0.3) is 0 Å². The third kappa shape index (κ3) is 3.98. The summed E-state index contributed by atoms with van der Waals surface area (Å²) in [6.07, 6.45) is -1.08. The van der Waals surface area contributed by atoms with Crippen molar-refractivity contribution in [2.24, 2.45) is 5.92 Å². The van der Waals surface area contributed by atoms with Crippen molar-refractivity contribution in [1.29, 1.82) is 0 Å². The van der Waals surface area contributed by atoms with Crippen LogP contribution in [0.3, 0.4) is 0 Å². The minimum absolute atomic E-state index is 0.0365. The number of benzene rings is 1. The van der Waals surface area contributed by atoms with E-state index in [4.69, 9.17) is 4.74 Å². The molecule has 0 spiro atoms. The quantitative estimate of drug-likeness (QED) is 0.878. The van der Waals surface area contributed by atoms with E-state index in [1.807, 2.05) is 32.0 Å². The number of methoxy groups -OCH3 is 1. The lowest BCUT2D eigenvalue weighted by Crippen LogP contribution is -2.32. The monoisotopic (exact) mass is 302 g/mol. The Morgan fingerprint density at radius 3 is 2.47 bits per heavy atom. The van der Waals surface area contributed by atoms with Crippen molar-refractivity contribution >= 4 is 15.9 Å². The Morgan fingerprint density at radius 2 is 1.94 bits per heavy atom. The molecule has 2 N–H and O–H groups in total. The molecule has 4 heteroatoms. The molecule has 0 fully saturated rings. The number of ether oxygens (including phenoxy) is 1. The van der Waals surface area contributed by atoms with Gasteiger partial charge in [0.05, 0.1) is 19.3 Å². The fraction of sp³-hybridized carbons (Fsp3) is 0.538. The zero-order valence-corrected chi connectivity index (χ0v) is 11.9. The van der Waals surface area contributed by atoms with Crippen LogP contribution in [0, 0.1) is 5.92 Å². The van der Waals surface area contributed by atoms with Crippen LogP contribution in [-0.2, 0) is 6.42 Å². The molecule has 2 unspecified atom stereocenters. The van der Waals surface area contributed by atoms with Gasteiger partial charge in [0.1, 0.15) is 5.75 Å². The molecule has 1 rings (SSSR count). The van der Waals surface area contributed by atoms with E-state index < -0.39 is 12.2 Å². The maximum Gasteiger partial charge on any atom is 0.119 e. The average molecular weight is 303 g/mol. The first-order valence-corrected chi connectivity index (χ1v) is 6.43. The molecule has 0 aromatic heterocycles. The minimum atomic E-state index is -0.765. The minimum Gasteiger partial charge on any atom is -0.497 e. The van der Waals surface area contributed by atoms with E-state index in [9.17, 15) is 10.2 Å². The van der Waals surface area contributed by atoms with Gasteiger partial charge in [0, 0.05) is 10.9 Å². The maximum atomic E-state index is 9.92. The zero-order valence-electron chi connectivity index (χ0n) is 10.4. The molecule has 0 aliphatic carbocycles. The van der Waals surface area contributed by atoms with E-state index in [0.717, 1.165) is 15.8 Å². The third-order valence-corrected chi connectivity index (χ3v) is 3.53. The van der Waals surface area contributed by atoms with Gasteiger partial charge in [0.15, 0.2) is 0 Å². The zero-order chi connectivity index (χ0) is 13.0. The van der Waals surface area contributed by atoms with Crippen molar-refractivity contribution in [3.63, 3.8) is 0 Å². The molecule has 3 nitrogen and oxygen atoms in total. The van der Waals surface area contributed by atoms with Gasteiger partial charge >= 0.3 is 0 Å². The van der Waals surface area contributed by atoms with E-state index in [0.29, 0.717) is 6.42 Å². The second kappa shape index (κ2) is 6.38. The Balaban J connectivity index is 2.80. The molecular formula is C13H19BrO3. The molecule has 0 aliphatic rings. The number of hydrogen-bond acceptors (Lipinski definition) is 3. The SMILES string of the molecule is COc1ccc(Br)c(CC(O)C(O)C(C)C)c1. The van der Waals surface area contributed by atoms with Gasteiger partial charge in [-0.15, -0.1) is 0 Å². The molecule has 0 amide bonds. The van der Waals surface area contributed by atoms with Crippen molar-refractivity contribution in [2.45, 2.75) is 32.5 Å². The summed E-state index contributed by atoms with van der Waals surface area (Å²) in [5, 5.41) is 19.7. The van der Waals surface area contributed by atoms with E-state index in [-0.39, 0.29) is 5.92 Å². The summed E-state index contributed by atoms with van der Waals surface area (Å²) >= 11 is 3.43. The van der Waals surface area contributed by atoms with E-state index in [1.165, 1.54) is 0 Å². The van der Waals surface area contributed by atoms with Crippen molar-refractivity contribution < 1.29 is 14.9 Å². The molecule has 0 radical (unpaired) electrons. The molecule has 17 heavy (non-hydrogen) atoms. The molecule has 1 aromatic rings. The molecule has 96 valence electrons. The number of halogens is 1. The summed E-state index contributed by atoms with van der Waals surface area (Å²) in [5.41, 5.74) is 0.927. The van der Waals surface area contributed by atoms with Gasteiger partial charge in [-0.1, -0.05) is 29.8 Å². The summed E-state index contributed by atoms with van der Waals surface area (Å²) in [7, 11) is 1.60. The largest absolute Gasteiger partial charge is 0.497 e. The molecule has 0 saturated carbocycles. The summed E-state index contributed by atoms with van der Waals surface area (Å²) in [6.45, 7) is 3.77. The lowest BCUT2D eigenvalue weighted by atomic mass is 9.96. The Bertz CT molecular complexity index is 366. The van der Waals surface area contributed by atoms with Crippen LogP contribution < -0.4 is 4.74 Å². The van der Waals surface area contributed by atoms with Crippen molar-refractivity contribution in [3.8, 4) is 5.75 Å². The molecule has 0 heterocycles. The van der Waals surface area contributed by atoms with Gasteiger partial charge in [-0.25, -0.2) is 0 Å². The highest BCUT2D eigenvalue weighted by Crippen LogP contribution is 2.24. The number of aliphatic hydroxyl groups is 2. The van der Waals surface area contributed by atoms with Gasteiger partial charge in [-0.3, -0.25) is 0 Å². The average Bonchev–Trinajstić information content (AvgIpc) is 2.30. The second-order valence-electron chi connectivity index (χ2n) is 4.46. The Morgan fingerprint density at radius 1 is 1.29 bits per heavy atom. The molecular weight excluding hydrogens is 284 g/mol. The van der Waals surface area contributed by atoms with Gasteiger partial charge < -0.3 is 14.9 Å². The van der Waals surface area contributed by atoms with Crippen LogP contribution in [0.25, 0.3) is 0 Å². The van der Waals surface area contributed by atoms with Crippen LogP contribution in [0.1, 0.15) is 19.4 Å². The second-order valence-corrected chi connectivity index (χ2v) is 5.32. The summed E-state index contributed by atoms with van der Waals surface area (Å²) in [4.78, 5) is 0.